The van der Waals surface area contributed by atoms with Crippen molar-refractivity contribution in [3.8, 4) is 6.07 Å². The largest absolute Gasteiger partial charge is 0.315 e. The van der Waals surface area contributed by atoms with Gasteiger partial charge in [-0.05, 0) is 57.1 Å². The number of hydrogen-bond donors (Lipinski definition) is 1. The van der Waals surface area contributed by atoms with Gasteiger partial charge < -0.3 is 5.32 Å². The van der Waals surface area contributed by atoms with Crippen LogP contribution in [-0.2, 0) is 17.6 Å². The number of amides is 1. The number of nitrogens with one attached hydrogen (secondary N) is 1. The second-order valence-corrected chi connectivity index (χ2v) is 8.14. The van der Waals surface area contributed by atoms with Crippen molar-refractivity contribution >= 4 is 22.2 Å². The van der Waals surface area contributed by atoms with Crippen LogP contribution in [-0.4, -0.2) is 29.9 Å². The predicted octanol–water partition coefficient (Wildman–Crippen LogP) is 3.56. The van der Waals surface area contributed by atoms with Crippen molar-refractivity contribution < 1.29 is 4.79 Å². The quantitative estimate of drug-likeness (QED) is 0.921. The fourth-order valence-electron chi connectivity index (χ4n) is 3.70. The van der Waals surface area contributed by atoms with Crippen LogP contribution in [0.15, 0.2) is 0 Å². The summed E-state index contributed by atoms with van der Waals surface area (Å²) in [4.78, 5) is 16.0. The van der Waals surface area contributed by atoms with E-state index in [1.54, 1.807) is 11.3 Å². The highest BCUT2D eigenvalue weighted by Crippen LogP contribution is 2.39. The smallest absolute Gasteiger partial charge is 0.239 e. The Morgan fingerprint density at radius 3 is 2.96 bits per heavy atom. The number of likely N-dealkylation sites (tertiary alicyclic amines) is 1. The summed E-state index contributed by atoms with van der Waals surface area (Å²) < 4.78 is 0. The Kier molecular flexibility index (Phi) is 5.03. The summed E-state index contributed by atoms with van der Waals surface area (Å²) in [5, 5.41) is 13.3. The van der Waals surface area contributed by atoms with Crippen molar-refractivity contribution in [1.82, 2.24) is 4.90 Å². The number of hydrogen-bond acceptors (Lipinski definition) is 4. The molecule has 1 aromatic rings. The topological polar surface area (TPSA) is 56.1 Å². The minimum absolute atomic E-state index is 0.0156. The van der Waals surface area contributed by atoms with E-state index in [0.717, 1.165) is 30.8 Å². The average molecular weight is 331 g/mol. The van der Waals surface area contributed by atoms with Crippen LogP contribution in [0.2, 0.25) is 0 Å². The molecule has 1 aliphatic heterocycles. The van der Waals surface area contributed by atoms with Gasteiger partial charge in [-0.1, -0.05) is 13.3 Å². The first-order valence-electron chi connectivity index (χ1n) is 8.67. The molecule has 1 amide bonds. The highest BCUT2D eigenvalue weighted by Gasteiger charge is 2.26. The summed E-state index contributed by atoms with van der Waals surface area (Å²) in [6, 6.07) is 2.79. The highest BCUT2D eigenvalue weighted by atomic mass is 32.1. The molecule has 1 saturated heterocycles. The minimum Gasteiger partial charge on any atom is -0.315 e. The fraction of sp³-hybridized carbons (Fsp3) is 0.667. The Labute approximate surface area is 142 Å². The molecule has 0 spiro atoms. The predicted molar refractivity (Wildman–Crippen MR) is 93.7 cm³/mol. The lowest BCUT2D eigenvalue weighted by Crippen LogP contribution is -2.42. The van der Waals surface area contributed by atoms with Gasteiger partial charge in [0.25, 0.3) is 0 Å². The number of carbonyl (C=O) groups is 1. The van der Waals surface area contributed by atoms with E-state index >= 15 is 0 Å². The van der Waals surface area contributed by atoms with Gasteiger partial charge in [-0.3, -0.25) is 9.69 Å². The summed E-state index contributed by atoms with van der Waals surface area (Å²) in [5.74, 6) is 0.687. The zero-order chi connectivity index (χ0) is 16.4. The van der Waals surface area contributed by atoms with Gasteiger partial charge in [0.15, 0.2) is 0 Å². The molecule has 0 aromatic carbocycles. The number of fused-ring (bicyclic) bond motifs is 1. The van der Waals surface area contributed by atoms with Crippen LogP contribution in [0.3, 0.4) is 0 Å². The van der Waals surface area contributed by atoms with E-state index in [-0.39, 0.29) is 5.91 Å². The van der Waals surface area contributed by atoms with Gasteiger partial charge in [-0.15, -0.1) is 11.3 Å². The number of thiophene rings is 1. The van der Waals surface area contributed by atoms with E-state index in [4.69, 9.17) is 0 Å². The number of nitrogens with zero attached hydrogens (tertiary/aromatic N) is 2. The molecule has 4 nitrogen and oxygen atoms in total. The van der Waals surface area contributed by atoms with Crippen LogP contribution < -0.4 is 5.32 Å². The molecule has 1 aliphatic carbocycles. The lowest BCUT2D eigenvalue weighted by molar-refractivity contribution is -0.118. The van der Waals surface area contributed by atoms with Crippen LogP contribution in [0, 0.1) is 17.2 Å². The van der Waals surface area contributed by atoms with Crippen molar-refractivity contribution in [3.05, 3.63) is 16.0 Å². The van der Waals surface area contributed by atoms with Gasteiger partial charge in [0, 0.05) is 10.9 Å². The van der Waals surface area contributed by atoms with Crippen molar-refractivity contribution in [1.29, 1.82) is 5.26 Å². The molecule has 0 radical (unpaired) electrons. The van der Waals surface area contributed by atoms with Crippen molar-refractivity contribution in [3.63, 3.8) is 0 Å². The van der Waals surface area contributed by atoms with Gasteiger partial charge in [0.1, 0.15) is 11.1 Å². The first-order chi connectivity index (χ1) is 11.1. The van der Waals surface area contributed by atoms with E-state index < -0.39 is 0 Å². The molecule has 2 aliphatic rings. The second kappa shape index (κ2) is 7.02. The maximum absolute atomic E-state index is 12.4. The molecule has 2 atom stereocenters. The number of anilines is 1. The molecule has 3 rings (SSSR count). The van der Waals surface area contributed by atoms with Crippen molar-refractivity contribution in [2.24, 2.45) is 5.92 Å². The summed E-state index contributed by atoms with van der Waals surface area (Å²) in [6.45, 7) is 5.88. The van der Waals surface area contributed by atoms with Gasteiger partial charge >= 0.3 is 0 Å². The summed E-state index contributed by atoms with van der Waals surface area (Å²) in [5.41, 5.74) is 1.88. The first-order valence-corrected chi connectivity index (χ1v) is 9.48. The summed E-state index contributed by atoms with van der Waals surface area (Å²) in [7, 11) is 0. The molecule has 5 heteroatoms. The standard InChI is InChI=1S/C18H25N3OS/c1-12-6-7-14-15(10-19)18(23-16(14)9-12)20-17(22)11-21-8-4-3-5-13(21)2/h12-13H,3-9,11H2,1-2H3,(H,20,22)/t12-,13+/m1/s1. The maximum atomic E-state index is 12.4. The molecular weight excluding hydrogens is 306 g/mol. The zero-order valence-electron chi connectivity index (χ0n) is 14.0. The molecule has 1 N–H and O–H groups in total. The average Bonchev–Trinajstić information content (AvgIpc) is 2.85. The number of piperidine rings is 1. The molecule has 124 valence electrons. The van der Waals surface area contributed by atoms with Gasteiger partial charge in [0.05, 0.1) is 12.1 Å². The fourth-order valence-corrected chi connectivity index (χ4v) is 5.08. The van der Waals surface area contributed by atoms with Gasteiger partial charge in [0.2, 0.25) is 5.91 Å². The van der Waals surface area contributed by atoms with E-state index in [2.05, 4.69) is 30.1 Å². The molecule has 2 heterocycles. The van der Waals surface area contributed by atoms with Gasteiger partial charge in [-0.25, -0.2) is 0 Å². The Morgan fingerprint density at radius 2 is 2.22 bits per heavy atom. The number of carbonyl (C=O) groups excluding carboxylic acids is 1. The van der Waals surface area contributed by atoms with E-state index in [1.165, 1.54) is 29.7 Å². The Balaban J connectivity index is 1.70. The van der Waals surface area contributed by atoms with Crippen molar-refractivity contribution in [2.45, 2.75) is 58.4 Å². The van der Waals surface area contributed by atoms with Crippen LogP contribution >= 0.6 is 11.3 Å². The lowest BCUT2D eigenvalue weighted by Gasteiger charge is -2.32. The maximum Gasteiger partial charge on any atom is 0.239 e. The SMILES string of the molecule is C[C@@H]1CCc2c(sc(NC(=O)CN3CCCC[C@@H]3C)c2C#N)C1. The zero-order valence-corrected chi connectivity index (χ0v) is 14.8. The monoisotopic (exact) mass is 331 g/mol. The lowest BCUT2D eigenvalue weighted by atomic mass is 9.89. The molecular formula is C18H25N3OS. The third-order valence-electron chi connectivity index (χ3n) is 5.16. The van der Waals surface area contributed by atoms with Crippen molar-refractivity contribution in [2.75, 3.05) is 18.4 Å². The molecule has 0 unspecified atom stereocenters. The Hall–Kier alpha value is -1.38. The first kappa shape index (κ1) is 16.5. The van der Waals surface area contributed by atoms with E-state index in [0.29, 0.717) is 24.1 Å². The third kappa shape index (κ3) is 3.59. The van der Waals surface area contributed by atoms with Gasteiger partial charge in [-0.2, -0.15) is 5.26 Å². The van der Waals surface area contributed by atoms with E-state index in [1.807, 2.05) is 0 Å². The molecule has 0 bridgehead atoms. The molecule has 0 saturated carbocycles. The third-order valence-corrected chi connectivity index (χ3v) is 6.33. The van der Waals surface area contributed by atoms with E-state index in [9.17, 15) is 10.1 Å². The van der Waals surface area contributed by atoms with Crippen LogP contribution in [0.5, 0.6) is 0 Å². The number of rotatable bonds is 3. The molecule has 1 fully saturated rings. The number of nitriles is 1. The van der Waals surface area contributed by atoms with Crippen LogP contribution in [0.1, 0.15) is 55.5 Å². The normalized spacial score (nSPS) is 24.7. The second-order valence-electron chi connectivity index (χ2n) is 7.03. The van der Waals surface area contributed by atoms with Crippen LogP contribution in [0.25, 0.3) is 0 Å². The minimum atomic E-state index is 0.0156. The highest BCUT2D eigenvalue weighted by molar-refractivity contribution is 7.16. The Bertz CT molecular complexity index is 631. The van der Waals surface area contributed by atoms with Crippen LogP contribution in [0.4, 0.5) is 5.00 Å². The summed E-state index contributed by atoms with van der Waals surface area (Å²) in [6.07, 6.45) is 6.74. The Morgan fingerprint density at radius 1 is 1.39 bits per heavy atom. The molecule has 23 heavy (non-hydrogen) atoms. The molecule has 1 aromatic heterocycles. The summed E-state index contributed by atoms with van der Waals surface area (Å²) >= 11 is 1.61.